The number of nitrogens with zero attached hydrogens (tertiary/aromatic N) is 3. The molecule has 0 saturated heterocycles. The number of fused-ring (bicyclic) bond motifs is 3. The SMILES string of the molecule is c1ccc(-c2cccc(-c3ccc(-c4nc(-c5ccccc5)nc(-c5cccc6c5oc5ccccc56)n4)cc3)c2)cc1. The van der Waals surface area contributed by atoms with Crippen LogP contribution in [0.4, 0.5) is 0 Å². The number of rotatable bonds is 5. The molecule has 2 aromatic heterocycles. The standard InChI is InChI=1S/C39H25N3O/c1-3-11-26(12-4-1)30-15-9-16-31(25-30)27-21-23-29(24-22-27)38-40-37(28-13-5-2-6-14-28)41-39(42-38)34-19-10-18-33-32-17-7-8-20-35(32)43-36(33)34/h1-25H. The van der Waals surface area contributed by atoms with Crippen LogP contribution in [0, 0.1) is 0 Å². The van der Waals surface area contributed by atoms with Gasteiger partial charge in [0.25, 0.3) is 0 Å². The Bertz CT molecular complexity index is 2220. The summed E-state index contributed by atoms with van der Waals surface area (Å²) in [6, 6.07) is 51.7. The molecule has 2 heterocycles. The molecule has 0 aliphatic heterocycles. The summed E-state index contributed by atoms with van der Waals surface area (Å²) in [5.41, 5.74) is 8.98. The highest BCUT2D eigenvalue weighted by Gasteiger charge is 2.17. The van der Waals surface area contributed by atoms with Crippen molar-refractivity contribution in [2.24, 2.45) is 0 Å². The van der Waals surface area contributed by atoms with Crippen molar-refractivity contribution >= 4 is 21.9 Å². The molecule has 0 amide bonds. The van der Waals surface area contributed by atoms with Gasteiger partial charge in [0, 0.05) is 21.9 Å². The molecular formula is C39H25N3O. The third-order valence-corrected chi connectivity index (χ3v) is 7.76. The zero-order valence-electron chi connectivity index (χ0n) is 23.2. The maximum Gasteiger partial charge on any atom is 0.167 e. The van der Waals surface area contributed by atoms with Crippen LogP contribution in [0.5, 0.6) is 0 Å². The lowest BCUT2D eigenvalue weighted by atomic mass is 9.98. The van der Waals surface area contributed by atoms with Crippen LogP contribution in [0.25, 0.3) is 78.4 Å². The number of aromatic nitrogens is 3. The predicted molar refractivity (Wildman–Crippen MR) is 174 cm³/mol. The largest absolute Gasteiger partial charge is 0.455 e. The Kier molecular flexibility index (Phi) is 6.08. The average molecular weight is 552 g/mol. The van der Waals surface area contributed by atoms with Crippen molar-refractivity contribution in [1.82, 2.24) is 15.0 Å². The second-order valence-electron chi connectivity index (χ2n) is 10.5. The van der Waals surface area contributed by atoms with E-state index in [0.29, 0.717) is 17.5 Å². The molecular weight excluding hydrogens is 526 g/mol. The normalized spacial score (nSPS) is 11.3. The van der Waals surface area contributed by atoms with Gasteiger partial charge in [0.05, 0.1) is 5.56 Å². The summed E-state index contributed by atoms with van der Waals surface area (Å²) in [6.07, 6.45) is 0. The molecule has 43 heavy (non-hydrogen) atoms. The number of para-hydroxylation sites is 2. The van der Waals surface area contributed by atoms with E-state index in [2.05, 4.69) is 84.9 Å². The molecule has 0 atom stereocenters. The second kappa shape index (κ2) is 10.5. The molecule has 0 N–H and O–H groups in total. The quantitative estimate of drug-likeness (QED) is 0.214. The van der Waals surface area contributed by atoms with Gasteiger partial charge in [-0.2, -0.15) is 0 Å². The van der Waals surface area contributed by atoms with Gasteiger partial charge >= 0.3 is 0 Å². The summed E-state index contributed by atoms with van der Waals surface area (Å²) < 4.78 is 6.34. The van der Waals surface area contributed by atoms with Crippen molar-refractivity contribution in [3.05, 3.63) is 152 Å². The van der Waals surface area contributed by atoms with Crippen molar-refractivity contribution in [2.45, 2.75) is 0 Å². The Morgan fingerprint density at radius 1 is 0.349 bits per heavy atom. The lowest BCUT2D eigenvalue weighted by Gasteiger charge is -2.10. The van der Waals surface area contributed by atoms with Crippen LogP contribution in [0.2, 0.25) is 0 Å². The van der Waals surface area contributed by atoms with E-state index in [9.17, 15) is 0 Å². The summed E-state index contributed by atoms with van der Waals surface area (Å²) in [5.74, 6) is 1.81. The van der Waals surface area contributed by atoms with E-state index in [1.54, 1.807) is 0 Å². The highest BCUT2D eigenvalue weighted by atomic mass is 16.3. The van der Waals surface area contributed by atoms with Gasteiger partial charge in [-0.05, 0) is 40.5 Å². The molecule has 0 radical (unpaired) electrons. The van der Waals surface area contributed by atoms with Crippen molar-refractivity contribution in [3.63, 3.8) is 0 Å². The van der Waals surface area contributed by atoms with Crippen molar-refractivity contribution in [2.75, 3.05) is 0 Å². The molecule has 0 spiro atoms. The lowest BCUT2D eigenvalue weighted by molar-refractivity contribution is 0.669. The van der Waals surface area contributed by atoms with Gasteiger partial charge in [-0.3, -0.25) is 0 Å². The van der Waals surface area contributed by atoms with Crippen LogP contribution in [0.15, 0.2) is 156 Å². The third kappa shape index (κ3) is 4.65. The highest BCUT2D eigenvalue weighted by Crippen LogP contribution is 2.36. The van der Waals surface area contributed by atoms with Crippen LogP contribution < -0.4 is 0 Å². The first kappa shape index (κ1) is 24.9. The molecule has 6 aromatic carbocycles. The van der Waals surface area contributed by atoms with Crippen molar-refractivity contribution < 1.29 is 4.42 Å². The van der Waals surface area contributed by atoms with E-state index in [1.807, 2.05) is 66.7 Å². The van der Waals surface area contributed by atoms with E-state index in [1.165, 1.54) is 11.1 Å². The molecule has 0 fully saturated rings. The maximum absolute atomic E-state index is 6.34. The van der Waals surface area contributed by atoms with Crippen molar-refractivity contribution in [3.8, 4) is 56.4 Å². The van der Waals surface area contributed by atoms with Gasteiger partial charge in [-0.25, -0.2) is 15.0 Å². The summed E-state index contributed by atoms with van der Waals surface area (Å²) >= 11 is 0. The van der Waals surface area contributed by atoms with Gasteiger partial charge in [-0.1, -0.05) is 133 Å². The summed E-state index contributed by atoms with van der Waals surface area (Å²) in [6.45, 7) is 0. The Morgan fingerprint density at radius 2 is 0.837 bits per heavy atom. The van der Waals surface area contributed by atoms with Gasteiger partial charge in [0.1, 0.15) is 11.2 Å². The molecule has 202 valence electrons. The first-order valence-electron chi connectivity index (χ1n) is 14.3. The molecule has 0 unspecified atom stereocenters. The monoisotopic (exact) mass is 551 g/mol. The van der Waals surface area contributed by atoms with E-state index in [-0.39, 0.29) is 0 Å². The van der Waals surface area contributed by atoms with Crippen LogP contribution in [0.1, 0.15) is 0 Å². The number of benzene rings is 6. The van der Waals surface area contributed by atoms with Crippen molar-refractivity contribution in [1.29, 1.82) is 0 Å². The van der Waals surface area contributed by atoms with Gasteiger partial charge in [0.2, 0.25) is 0 Å². The summed E-state index contributed by atoms with van der Waals surface area (Å²) in [5, 5.41) is 2.11. The molecule has 0 bridgehead atoms. The predicted octanol–water partition coefficient (Wildman–Crippen LogP) is 10.1. The Labute approximate surface area is 249 Å². The fraction of sp³-hybridized carbons (Fsp3) is 0. The Hall–Kier alpha value is -5.87. The molecule has 4 heteroatoms. The zero-order chi connectivity index (χ0) is 28.6. The van der Waals surface area contributed by atoms with Gasteiger partial charge < -0.3 is 4.42 Å². The minimum Gasteiger partial charge on any atom is -0.455 e. The smallest absolute Gasteiger partial charge is 0.167 e. The topological polar surface area (TPSA) is 51.8 Å². The molecule has 8 aromatic rings. The first-order valence-corrected chi connectivity index (χ1v) is 14.3. The minimum absolute atomic E-state index is 0.577. The minimum atomic E-state index is 0.577. The van der Waals surface area contributed by atoms with E-state index in [4.69, 9.17) is 19.4 Å². The summed E-state index contributed by atoms with van der Waals surface area (Å²) in [7, 11) is 0. The lowest BCUT2D eigenvalue weighted by Crippen LogP contribution is -2.00. The number of hydrogen-bond donors (Lipinski definition) is 0. The number of hydrogen-bond acceptors (Lipinski definition) is 4. The van der Waals surface area contributed by atoms with E-state index < -0.39 is 0 Å². The Balaban J connectivity index is 1.23. The number of furan rings is 1. The molecule has 4 nitrogen and oxygen atoms in total. The maximum atomic E-state index is 6.34. The van der Waals surface area contributed by atoms with Crippen LogP contribution in [-0.2, 0) is 0 Å². The van der Waals surface area contributed by atoms with E-state index in [0.717, 1.165) is 49.8 Å². The Morgan fingerprint density at radius 3 is 1.56 bits per heavy atom. The zero-order valence-corrected chi connectivity index (χ0v) is 23.2. The molecule has 0 saturated carbocycles. The van der Waals surface area contributed by atoms with Gasteiger partial charge in [-0.15, -0.1) is 0 Å². The van der Waals surface area contributed by atoms with Gasteiger partial charge in [0.15, 0.2) is 17.5 Å². The fourth-order valence-electron chi connectivity index (χ4n) is 5.59. The van der Waals surface area contributed by atoms with Crippen LogP contribution in [0.3, 0.4) is 0 Å². The molecule has 0 aliphatic carbocycles. The second-order valence-corrected chi connectivity index (χ2v) is 10.5. The third-order valence-electron chi connectivity index (χ3n) is 7.76. The fourth-order valence-corrected chi connectivity index (χ4v) is 5.59. The first-order chi connectivity index (χ1) is 21.3. The summed E-state index contributed by atoms with van der Waals surface area (Å²) in [4.78, 5) is 14.9. The van der Waals surface area contributed by atoms with Crippen LogP contribution >= 0.6 is 0 Å². The highest BCUT2D eigenvalue weighted by molar-refractivity contribution is 6.09. The molecule has 0 aliphatic rings. The van der Waals surface area contributed by atoms with E-state index >= 15 is 0 Å². The average Bonchev–Trinajstić information content (AvgIpc) is 3.48. The molecule has 8 rings (SSSR count). The van der Waals surface area contributed by atoms with Crippen LogP contribution in [-0.4, -0.2) is 15.0 Å².